The van der Waals surface area contributed by atoms with Gasteiger partial charge < -0.3 is 11.5 Å². The van der Waals surface area contributed by atoms with E-state index in [2.05, 4.69) is 0 Å². The van der Waals surface area contributed by atoms with Crippen molar-refractivity contribution >= 4 is 0 Å². The Morgan fingerprint density at radius 2 is 1.93 bits per heavy atom. The molecule has 0 aliphatic heterocycles. The average molecular weight is 214 g/mol. The first-order chi connectivity index (χ1) is 7.15. The molecule has 0 unspecified atom stereocenters. The van der Waals surface area contributed by atoms with Gasteiger partial charge in [-0.3, -0.25) is 0 Å². The molecular formula is C11H16F2N2. The Morgan fingerprint density at radius 1 is 1.20 bits per heavy atom. The van der Waals surface area contributed by atoms with E-state index in [0.717, 1.165) is 18.9 Å². The van der Waals surface area contributed by atoms with Gasteiger partial charge >= 0.3 is 0 Å². The Morgan fingerprint density at radius 3 is 2.53 bits per heavy atom. The summed E-state index contributed by atoms with van der Waals surface area (Å²) >= 11 is 0. The molecule has 0 fully saturated rings. The number of halogens is 2. The second kappa shape index (κ2) is 5.78. The SMILES string of the molecule is NCCCC[C@H](N)c1ccc(F)cc1F. The maximum absolute atomic E-state index is 13.3. The highest BCUT2D eigenvalue weighted by Crippen LogP contribution is 2.20. The zero-order chi connectivity index (χ0) is 11.3. The normalized spacial score (nSPS) is 12.8. The van der Waals surface area contributed by atoms with Crippen LogP contribution in [-0.4, -0.2) is 6.54 Å². The summed E-state index contributed by atoms with van der Waals surface area (Å²) in [5, 5.41) is 0. The first kappa shape index (κ1) is 12.1. The largest absolute Gasteiger partial charge is 0.330 e. The van der Waals surface area contributed by atoms with Crippen LogP contribution in [-0.2, 0) is 0 Å². The van der Waals surface area contributed by atoms with E-state index in [1.54, 1.807) is 0 Å². The van der Waals surface area contributed by atoms with Crippen molar-refractivity contribution in [2.45, 2.75) is 25.3 Å². The molecule has 0 saturated heterocycles. The Kier molecular flexibility index (Phi) is 4.65. The summed E-state index contributed by atoms with van der Waals surface area (Å²) in [5.74, 6) is -1.15. The van der Waals surface area contributed by atoms with Crippen LogP contribution < -0.4 is 11.5 Å². The van der Waals surface area contributed by atoms with Gasteiger partial charge in [-0.15, -0.1) is 0 Å². The van der Waals surface area contributed by atoms with E-state index in [9.17, 15) is 8.78 Å². The first-order valence-corrected chi connectivity index (χ1v) is 5.05. The fourth-order valence-corrected chi connectivity index (χ4v) is 1.47. The Hall–Kier alpha value is -1.00. The topological polar surface area (TPSA) is 52.0 Å². The summed E-state index contributed by atoms with van der Waals surface area (Å²) in [4.78, 5) is 0. The lowest BCUT2D eigenvalue weighted by Crippen LogP contribution is -2.13. The zero-order valence-electron chi connectivity index (χ0n) is 8.55. The maximum Gasteiger partial charge on any atom is 0.130 e. The summed E-state index contributed by atoms with van der Waals surface area (Å²) in [6, 6.07) is 3.11. The Bertz CT molecular complexity index is 315. The van der Waals surface area contributed by atoms with Crippen LogP contribution in [0.25, 0.3) is 0 Å². The lowest BCUT2D eigenvalue weighted by molar-refractivity contribution is 0.530. The molecule has 0 bridgehead atoms. The second-order valence-electron chi connectivity index (χ2n) is 3.56. The molecule has 4 N–H and O–H groups in total. The van der Waals surface area contributed by atoms with Crippen molar-refractivity contribution in [3.05, 3.63) is 35.4 Å². The van der Waals surface area contributed by atoms with Crippen LogP contribution in [0, 0.1) is 11.6 Å². The molecule has 0 saturated carbocycles. The van der Waals surface area contributed by atoms with Crippen LogP contribution in [0.5, 0.6) is 0 Å². The molecule has 84 valence electrons. The van der Waals surface area contributed by atoms with E-state index in [0.29, 0.717) is 18.5 Å². The molecule has 0 spiro atoms. The fraction of sp³-hybridized carbons (Fsp3) is 0.455. The molecule has 0 heterocycles. The molecule has 1 atom stereocenters. The second-order valence-corrected chi connectivity index (χ2v) is 3.56. The molecule has 1 aromatic carbocycles. The van der Waals surface area contributed by atoms with E-state index in [1.165, 1.54) is 12.1 Å². The molecule has 0 radical (unpaired) electrons. The van der Waals surface area contributed by atoms with Crippen molar-refractivity contribution in [3.8, 4) is 0 Å². The molecule has 0 aliphatic rings. The summed E-state index contributed by atoms with van der Waals surface area (Å²) < 4.78 is 25.9. The quantitative estimate of drug-likeness (QED) is 0.737. The summed E-state index contributed by atoms with van der Waals surface area (Å²) in [6.07, 6.45) is 2.39. The minimum absolute atomic E-state index is 0.369. The van der Waals surface area contributed by atoms with Crippen molar-refractivity contribution in [1.82, 2.24) is 0 Å². The molecule has 2 nitrogen and oxygen atoms in total. The highest BCUT2D eigenvalue weighted by molar-refractivity contribution is 5.21. The predicted molar refractivity (Wildman–Crippen MR) is 56.2 cm³/mol. The predicted octanol–water partition coefficient (Wildman–Crippen LogP) is 2.09. The van der Waals surface area contributed by atoms with Crippen molar-refractivity contribution in [3.63, 3.8) is 0 Å². The number of nitrogens with two attached hydrogens (primary N) is 2. The smallest absolute Gasteiger partial charge is 0.130 e. The Labute approximate surface area is 88.3 Å². The standard InChI is InChI=1S/C11H16F2N2/c12-8-4-5-9(10(13)7-8)11(15)3-1-2-6-14/h4-5,7,11H,1-3,6,14-15H2/t11-/m0/s1. The van der Waals surface area contributed by atoms with E-state index >= 15 is 0 Å². The Balaban J connectivity index is 2.61. The van der Waals surface area contributed by atoms with Gasteiger partial charge in [0.25, 0.3) is 0 Å². The van der Waals surface area contributed by atoms with Gasteiger partial charge in [0, 0.05) is 17.7 Å². The van der Waals surface area contributed by atoms with E-state index < -0.39 is 11.6 Å². The van der Waals surface area contributed by atoms with E-state index in [4.69, 9.17) is 11.5 Å². The van der Waals surface area contributed by atoms with E-state index in [1.807, 2.05) is 0 Å². The van der Waals surface area contributed by atoms with Crippen molar-refractivity contribution in [2.75, 3.05) is 6.54 Å². The van der Waals surface area contributed by atoms with Crippen LogP contribution >= 0.6 is 0 Å². The number of rotatable bonds is 5. The summed E-state index contributed by atoms with van der Waals surface area (Å²) in [5.41, 5.74) is 11.5. The van der Waals surface area contributed by atoms with Crippen LogP contribution in [0.2, 0.25) is 0 Å². The maximum atomic E-state index is 13.3. The minimum Gasteiger partial charge on any atom is -0.330 e. The highest BCUT2D eigenvalue weighted by atomic mass is 19.1. The van der Waals surface area contributed by atoms with Gasteiger partial charge in [0.2, 0.25) is 0 Å². The molecule has 4 heteroatoms. The fourth-order valence-electron chi connectivity index (χ4n) is 1.47. The molecule has 0 aliphatic carbocycles. The lowest BCUT2D eigenvalue weighted by Gasteiger charge is -2.12. The van der Waals surface area contributed by atoms with Gasteiger partial charge in [-0.25, -0.2) is 8.78 Å². The van der Waals surface area contributed by atoms with Crippen molar-refractivity contribution in [1.29, 1.82) is 0 Å². The van der Waals surface area contributed by atoms with Crippen molar-refractivity contribution in [2.24, 2.45) is 11.5 Å². The van der Waals surface area contributed by atoms with Crippen LogP contribution in [0.15, 0.2) is 18.2 Å². The van der Waals surface area contributed by atoms with Gasteiger partial charge in [-0.2, -0.15) is 0 Å². The lowest BCUT2D eigenvalue weighted by atomic mass is 10.0. The third kappa shape index (κ3) is 3.57. The number of benzene rings is 1. The van der Waals surface area contributed by atoms with Gasteiger partial charge in [0.15, 0.2) is 0 Å². The van der Waals surface area contributed by atoms with E-state index in [-0.39, 0.29) is 6.04 Å². The molecule has 0 amide bonds. The summed E-state index contributed by atoms with van der Waals surface area (Å²) in [7, 11) is 0. The number of unbranched alkanes of at least 4 members (excludes halogenated alkanes) is 1. The van der Waals surface area contributed by atoms with Gasteiger partial charge in [0.05, 0.1) is 0 Å². The van der Waals surface area contributed by atoms with Crippen LogP contribution in [0.4, 0.5) is 8.78 Å². The van der Waals surface area contributed by atoms with Gasteiger partial charge in [0.1, 0.15) is 11.6 Å². The molecule has 0 aromatic heterocycles. The van der Waals surface area contributed by atoms with Gasteiger partial charge in [-0.05, 0) is 25.5 Å². The molecule has 1 aromatic rings. The number of hydrogen-bond donors (Lipinski definition) is 2. The van der Waals surface area contributed by atoms with Crippen LogP contribution in [0.1, 0.15) is 30.9 Å². The average Bonchev–Trinajstić information content (AvgIpc) is 2.17. The first-order valence-electron chi connectivity index (χ1n) is 5.05. The monoisotopic (exact) mass is 214 g/mol. The number of hydrogen-bond acceptors (Lipinski definition) is 2. The van der Waals surface area contributed by atoms with Crippen molar-refractivity contribution < 1.29 is 8.78 Å². The zero-order valence-corrected chi connectivity index (χ0v) is 8.55. The molecule has 15 heavy (non-hydrogen) atoms. The highest BCUT2D eigenvalue weighted by Gasteiger charge is 2.11. The minimum atomic E-state index is -0.578. The van der Waals surface area contributed by atoms with Crippen LogP contribution in [0.3, 0.4) is 0 Å². The summed E-state index contributed by atoms with van der Waals surface area (Å²) in [6.45, 7) is 0.610. The third-order valence-electron chi connectivity index (χ3n) is 2.33. The van der Waals surface area contributed by atoms with Gasteiger partial charge in [-0.1, -0.05) is 12.5 Å². The third-order valence-corrected chi connectivity index (χ3v) is 2.33. The molecular weight excluding hydrogens is 198 g/mol. The molecule has 1 rings (SSSR count).